The number of nitrogens with one attached hydrogen (secondary N) is 2. The minimum atomic E-state index is -0.203. The van der Waals surface area contributed by atoms with Crippen LogP contribution >= 0.6 is 23.2 Å². The number of H-pyrrole nitrogens is 1. The van der Waals surface area contributed by atoms with Crippen LogP contribution in [0.3, 0.4) is 0 Å². The molecule has 1 heterocycles. The normalized spacial score (nSPS) is 10.3. The molecule has 4 nitrogen and oxygen atoms in total. The van der Waals surface area contributed by atoms with E-state index in [0.717, 1.165) is 5.82 Å². The van der Waals surface area contributed by atoms with Crippen molar-refractivity contribution in [3.63, 3.8) is 0 Å². The van der Waals surface area contributed by atoms with E-state index >= 15 is 0 Å². The molecule has 0 saturated heterocycles. The molecule has 0 aliphatic rings. The molecule has 94 valence electrons. The van der Waals surface area contributed by atoms with Gasteiger partial charge in [0, 0.05) is 41.0 Å². The van der Waals surface area contributed by atoms with Crippen molar-refractivity contribution in [1.82, 2.24) is 15.3 Å². The Labute approximate surface area is 114 Å². The van der Waals surface area contributed by atoms with Crippen LogP contribution in [0.15, 0.2) is 30.6 Å². The monoisotopic (exact) mass is 283 g/mol. The lowest BCUT2D eigenvalue weighted by molar-refractivity contribution is 0.0954. The Morgan fingerprint density at radius 3 is 2.61 bits per heavy atom. The van der Waals surface area contributed by atoms with Crippen molar-refractivity contribution in [2.75, 3.05) is 6.54 Å². The second-order valence-electron chi connectivity index (χ2n) is 3.70. The molecule has 0 fully saturated rings. The van der Waals surface area contributed by atoms with Crippen LogP contribution in [0, 0.1) is 0 Å². The molecule has 2 rings (SSSR count). The second-order valence-corrected chi connectivity index (χ2v) is 4.57. The Morgan fingerprint density at radius 1 is 1.28 bits per heavy atom. The summed E-state index contributed by atoms with van der Waals surface area (Å²) >= 11 is 11.7. The van der Waals surface area contributed by atoms with E-state index in [1.807, 2.05) is 0 Å². The van der Waals surface area contributed by atoms with Gasteiger partial charge in [-0.25, -0.2) is 4.98 Å². The lowest BCUT2D eigenvalue weighted by atomic mass is 10.2. The number of nitrogens with zero attached hydrogens (tertiary/aromatic N) is 1. The van der Waals surface area contributed by atoms with Crippen molar-refractivity contribution in [2.24, 2.45) is 0 Å². The van der Waals surface area contributed by atoms with Gasteiger partial charge in [0.15, 0.2) is 0 Å². The van der Waals surface area contributed by atoms with Gasteiger partial charge in [-0.1, -0.05) is 23.2 Å². The van der Waals surface area contributed by atoms with Gasteiger partial charge in [0.2, 0.25) is 0 Å². The SMILES string of the molecule is O=C(NCCc1ncc[nH]1)c1cc(Cl)cc(Cl)c1. The average molecular weight is 284 g/mol. The largest absolute Gasteiger partial charge is 0.352 e. The van der Waals surface area contributed by atoms with Crippen LogP contribution < -0.4 is 5.32 Å². The first-order chi connectivity index (χ1) is 8.65. The molecule has 0 aliphatic carbocycles. The molecule has 0 radical (unpaired) electrons. The van der Waals surface area contributed by atoms with E-state index in [1.165, 1.54) is 0 Å². The lowest BCUT2D eigenvalue weighted by Gasteiger charge is -2.05. The van der Waals surface area contributed by atoms with Gasteiger partial charge in [0.05, 0.1) is 0 Å². The van der Waals surface area contributed by atoms with Gasteiger partial charge < -0.3 is 10.3 Å². The van der Waals surface area contributed by atoms with Gasteiger partial charge in [-0.15, -0.1) is 0 Å². The molecule has 0 spiro atoms. The molecule has 0 bridgehead atoms. The first kappa shape index (κ1) is 12.9. The Hall–Kier alpha value is -1.52. The zero-order valence-electron chi connectivity index (χ0n) is 9.41. The Kier molecular flexibility index (Phi) is 4.23. The molecule has 1 amide bonds. The number of carbonyl (C=O) groups is 1. The fourth-order valence-corrected chi connectivity index (χ4v) is 2.04. The number of rotatable bonds is 4. The Balaban J connectivity index is 1.91. The number of aromatic nitrogens is 2. The quantitative estimate of drug-likeness (QED) is 0.906. The summed E-state index contributed by atoms with van der Waals surface area (Å²) in [6.07, 6.45) is 4.06. The summed E-state index contributed by atoms with van der Waals surface area (Å²) in [7, 11) is 0. The van der Waals surface area contributed by atoms with Crippen LogP contribution in [0.5, 0.6) is 0 Å². The average Bonchev–Trinajstić information content (AvgIpc) is 2.80. The van der Waals surface area contributed by atoms with Crippen LogP contribution in [0.1, 0.15) is 16.2 Å². The van der Waals surface area contributed by atoms with Crippen LogP contribution in [0.2, 0.25) is 10.0 Å². The fraction of sp³-hybridized carbons (Fsp3) is 0.167. The van der Waals surface area contributed by atoms with Crippen molar-refractivity contribution in [1.29, 1.82) is 0 Å². The molecule has 2 aromatic rings. The highest BCUT2D eigenvalue weighted by atomic mass is 35.5. The van der Waals surface area contributed by atoms with Gasteiger partial charge in [-0.3, -0.25) is 4.79 Å². The number of hydrogen-bond donors (Lipinski definition) is 2. The maximum Gasteiger partial charge on any atom is 0.251 e. The molecule has 0 atom stereocenters. The highest BCUT2D eigenvalue weighted by Gasteiger charge is 2.07. The summed E-state index contributed by atoms with van der Waals surface area (Å²) in [6.45, 7) is 0.497. The molecule has 0 unspecified atom stereocenters. The minimum absolute atomic E-state index is 0.203. The third-order valence-electron chi connectivity index (χ3n) is 2.33. The number of hydrogen-bond acceptors (Lipinski definition) is 2. The lowest BCUT2D eigenvalue weighted by Crippen LogP contribution is -2.25. The van der Waals surface area contributed by atoms with E-state index in [4.69, 9.17) is 23.2 Å². The van der Waals surface area contributed by atoms with Gasteiger partial charge in [-0.2, -0.15) is 0 Å². The number of benzene rings is 1. The van der Waals surface area contributed by atoms with Crippen molar-refractivity contribution in [2.45, 2.75) is 6.42 Å². The van der Waals surface area contributed by atoms with E-state index in [9.17, 15) is 4.79 Å². The van der Waals surface area contributed by atoms with Crippen LogP contribution in [0.4, 0.5) is 0 Å². The van der Waals surface area contributed by atoms with E-state index in [2.05, 4.69) is 15.3 Å². The number of halogens is 2. The molecule has 2 N–H and O–H groups in total. The maximum atomic E-state index is 11.8. The first-order valence-electron chi connectivity index (χ1n) is 5.38. The van der Waals surface area contributed by atoms with Crippen molar-refractivity contribution >= 4 is 29.1 Å². The third kappa shape index (κ3) is 3.48. The molecule has 6 heteroatoms. The number of aromatic amines is 1. The van der Waals surface area contributed by atoms with E-state index in [1.54, 1.807) is 30.6 Å². The number of imidazole rings is 1. The summed E-state index contributed by atoms with van der Waals surface area (Å²) in [5.41, 5.74) is 0.451. The van der Waals surface area contributed by atoms with E-state index < -0.39 is 0 Å². The van der Waals surface area contributed by atoms with E-state index in [-0.39, 0.29) is 5.91 Å². The summed E-state index contributed by atoms with van der Waals surface area (Å²) in [5, 5.41) is 3.66. The first-order valence-corrected chi connectivity index (χ1v) is 6.13. The molecular formula is C12H11Cl2N3O. The zero-order valence-corrected chi connectivity index (χ0v) is 10.9. The van der Waals surface area contributed by atoms with Crippen LogP contribution in [-0.4, -0.2) is 22.4 Å². The predicted molar refractivity (Wildman–Crippen MR) is 71.1 cm³/mol. The second kappa shape index (κ2) is 5.89. The summed E-state index contributed by atoms with van der Waals surface area (Å²) < 4.78 is 0. The van der Waals surface area contributed by atoms with E-state index in [0.29, 0.717) is 28.6 Å². The van der Waals surface area contributed by atoms with Crippen LogP contribution in [0.25, 0.3) is 0 Å². The molecule has 1 aromatic carbocycles. The van der Waals surface area contributed by atoms with Gasteiger partial charge >= 0.3 is 0 Å². The van der Waals surface area contributed by atoms with Gasteiger partial charge in [-0.05, 0) is 18.2 Å². The standard InChI is InChI=1S/C12H11Cl2N3O/c13-9-5-8(6-10(14)7-9)12(18)17-2-1-11-15-3-4-16-11/h3-7H,1-2H2,(H,15,16)(H,17,18). The maximum absolute atomic E-state index is 11.8. The third-order valence-corrected chi connectivity index (χ3v) is 2.76. The molecule has 1 aromatic heterocycles. The summed E-state index contributed by atoms with van der Waals surface area (Å²) in [4.78, 5) is 18.8. The Morgan fingerprint density at radius 2 is 2.00 bits per heavy atom. The topological polar surface area (TPSA) is 57.8 Å². The number of carbonyl (C=O) groups excluding carboxylic acids is 1. The van der Waals surface area contributed by atoms with Crippen molar-refractivity contribution < 1.29 is 4.79 Å². The predicted octanol–water partition coefficient (Wildman–Crippen LogP) is 2.69. The van der Waals surface area contributed by atoms with Crippen molar-refractivity contribution in [3.8, 4) is 0 Å². The summed E-state index contributed by atoms with van der Waals surface area (Å²) in [6, 6.07) is 4.74. The number of amides is 1. The molecular weight excluding hydrogens is 273 g/mol. The van der Waals surface area contributed by atoms with Gasteiger partial charge in [0.1, 0.15) is 5.82 Å². The summed E-state index contributed by atoms with van der Waals surface area (Å²) in [5.74, 6) is 0.630. The van der Waals surface area contributed by atoms with Crippen molar-refractivity contribution in [3.05, 3.63) is 52.0 Å². The highest BCUT2D eigenvalue weighted by molar-refractivity contribution is 6.35. The minimum Gasteiger partial charge on any atom is -0.352 e. The molecule has 0 aliphatic heterocycles. The van der Waals surface area contributed by atoms with Crippen LogP contribution in [-0.2, 0) is 6.42 Å². The Bertz CT molecular complexity index is 520. The zero-order chi connectivity index (χ0) is 13.0. The fourth-order valence-electron chi connectivity index (χ4n) is 1.52. The van der Waals surface area contributed by atoms with Gasteiger partial charge in [0.25, 0.3) is 5.91 Å². The molecule has 0 saturated carbocycles. The highest BCUT2D eigenvalue weighted by Crippen LogP contribution is 2.18. The molecule has 18 heavy (non-hydrogen) atoms. The smallest absolute Gasteiger partial charge is 0.251 e.